The van der Waals surface area contributed by atoms with E-state index in [-0.39, 0.29) is 24.8 Å². The first-order chi connectivity index (χ1) is 14.4. The largest absolute Gasteiger partial charge is 0.490 e. The third-order valence-electron chi connectivity index (χ3n) is 3.77. The van der Waals surface area contributed by atoms with E-state index in [1.807, 2.05) is 30.3 Å². The minimum absolute atomic E-state index is 0.134. The molecule has 2 N–H and O–H groups in total. The van der Waals surface area contributed by atoms with Crippen LogP contribution >= 0.6 is 0 Å². The van der Waals surface area contributed by atoms with E-state index in [9.17, 15) is 14.4 Å². The van der Waals surface area contributed by atoms with Crippen molar-refractivity contribution in [3.8, 4) is 11.5 Å². The molecule has 0 aromatic heterocycles. The fraction of sp³-hybridized carbons (Fsp3) is 0.318. The van der Waals surface area contributed by atoms with Gasteiger partial charge >= 0.3 is 12.0 Å². The molecule has 2 aromatic rings. The van der Waals surface area contributed by atoms with E-state index in [4.69, 9.17) is 14.2 Å². The average molecular weight is 414 g/mol. The number of benzene rings is 2. The summed E-state index contributed by atoms with van der Waals surface area (Å²) < 4.78 is 16.4. The molecular weight excluding hydrogens is 388 g/mol. The van der Waals surface area contributed by atoms with Crippen LogP contribution in [0.25, 0.3) is 0 Å². The second-order valence-corrected chi connectivity index (χ2v) is 6.67. The Labute approximate surface area is 175 Å². The number of para-hydroxylation sites is 2. The maximum absolute atomic E-state index is 12.5. The van der Waals surface area contributed by atoms with Crippen molar-refractivity contribution < 1.29 is 28.6 Å². The Hall–Kier alpha value is -3.55. The van der Waals surface area contributed by atoms with Gasteiger partial charge in [0.05, 0.1) is 0 Å². The van der Waals surface area contributed by atoms with E-state index in [2.05, 4.69) is 10.6 Å². The molecule has 160 valence electrons. The Balaban J connectivity index is 1.88. The molecule has 0 saturated heterocycles. The van der Waals surface area contributed by atoms with Crippen LogP contribution in [0.5, 0.6) is 11.5 Å². The molecule has 0 aliphatic rings. The zero-order valence-corrected chi connectivity index (χ0v) is 17.2. The van der Waals surface area contributed by atoms with Gasteiger partial charge in [-0.15, -0.1) is 0 Å². The molecule has 0 bridgehead atoms. The highest BCUT2D eigenvalue weighted by Crippen LogP contribution is 2.20. The number of imide groups is 1. The van der Waals surface area contributed by atoms with Crippen molar-refractivity contribution in [1.82, 2.24) is 10.6 Å². The second-order valence-electron chi connectivity index (χ2n) is 6.67. The Morgan fingerprint density at radius 1 is 0.867 bits per heavy atom. The maximum atomic E-state index is 12.5. The lowest BCUT2D eigenvalue weighted by atomic mass is 10.2. The molecule has 8 nitrogen and oxygen atoms in total. The van der Waals surface area contributed by atoms with E-state index in [0.717, 1.165) is 5.75 Å². The fourth-order valence-corrected chi connectivity index (χ4v) is 2.38. The predicted octanol–water partition coefficient (Wildman–Crippen LogP) is 2.92. The van der Waals surface area contributed by atoms with Crippen molar-refractivity contribution in [2.45, 2.75) is 32.9 Å². The molecular formula is C22H26N2O6. The molecule has 0 radical (unpaired) electrons. The van der Waals surface area contributed by atoms with E-state index >= 15 is 0 Å². The van der Waals surface area contributed by atoms with E-state index in [1.165, 1.54) is 13.0 Å². The minimum Gasteiger partial charge on any atom is -0.490 e. The third kappa shape index (κ3) is 7.46. The highest BCUT2D eigenvalue weighted by molar-refractivity contribution is 5.99. The van der Waals surface area contributed by atoms with Gasteiger partial charge in [0, 0.05) is 6.04 Å². The van der Waals surface area contributed by atoms with Crippen LogP contribution in [-0.2, 0) is 9.53 Å². The molecule has 0 fully saturated rings. The number of hydrogen-bond donors (Lipinski definition) is 2. The van der Waals surface area contributed by atoms with Gasteiger partial charge < -0.3 is 19.5 Å². The summed E-state index contributed by atoms with van der Waals surface area (Å²) in [5.74, 6) is -0.433. The zero-order valence-electron chi connectivity index (χ0n) is 17.2. The standard InChI is InChI=1S/C22H26N2O6/c1-15(2)23-22(27)24-20(25)16(3)30-21(26)18-11-7-8-12-19(18)29-14-13-28-17-9-5-4-6-10-17/h4-12,15-16H,13-14H2,1-3H3,(H2,23,24,25,27). The van der Waals surface area contributed by atoms with Crippen molar-refractivity contribution in [3.63, 3.8) is 0 Å². The summed E-state index contributed by atoms with van der Waals surface area (Å²) in [5.41, 5.74) is 0.170. The molecule has 2 rings (SSSR count). The van der Waals surface area contributed by atoms with Crippen LogP contribution in [0.4, 0.5) is 4.79 Å². The minimum atomic E-state index is -1.16. The number of nitrogens with one attached hydrogen (secondary N) is 2. The van der Waals surface area contributed by atoms with Crippen molar-refractivity contribution in [2.24, 2.45) is 0 Å². The summed E-state index contributed by atoms with van der Waals surface area (Å²) >= 11 is 0. The van der Waals surface area contributed by atoms with Crippen LogP contribution in [-0.4, -0.2) is 43.3 Å². The van der Waals surface area contributed by atoms with Crippen LogP contribution in [0.1, 0.15) is 31.1 Å². The van der Waals surface area contributed by atoms with Crippen LogP contribution in [0, 0.1) is 0 Å². The van der Waals surface area contributed by atoms with Gasteiger partial charge in [-0.25, -0.2) is 9.59 Å². The van der Waals surface area contributed by atoms with Gasteiger partial charge in [-0.2, -0.15) is 0 Å². The number of carbonyl (C=O) groups excluding carboxylic acids is 3. The number of hydrogen-bond acceptors (Lipinski definition) is 6. The van der Waals surface area contributed by atoms with Crippen molar-refractivity contribution in [1.29, 1.82) is 0 Å². The summed E-state index contributed by atoms with van der Waals surface area (Å²) in [6, 6.07) is 15.0. The smallest absolute Gasteiger partial charge is 0.342 e. The number of ether oxygens (including phenoxy) is 3. The van der Waals surface area contributed by atoms with Crippen LogP contribution in [0.3, 0.4) is 0 Å². The molecule has 3 amide bonds. The molecule has 1 atom stereocenters. The van der Waals surface area contributed by atoms with Gasteiger partial charge in [-0.1, -0.05) is 30.3 Å². The molecule has 0 heterocycles. The lowest BCUT2D eigenvalue weighted by molar-refractivity contribution is -0.127. The number of esters is 1. The van der Waals surface area contributed by atoms with Gasteiger partial charge in [-0.3, -0.25) is 10.1 Å². The fourth-order valence-electron chi connectivity index (χ4n) is 2.38. The highest BCUT2D eigenvalue weighted by Gasteiger charge is 2.23. The van der Waals surface area contributed by atoms with E-state index < -0.39 is 24.0 Å². The SMILES string of the molecule is CC(C)NC(=O)NC(=O)C(C)OC(=O)c1ccccc1OCCOc1ccccc1. The summed E-state index contributed by atoms with van der Waals surface area (Å²) in [6.07, 6.45) is -1.16. The first kappa shape index (κ1) is 22.7. The monoisotopic (exact) mass is 414 g/mol. The summed E-state index contributed by atoms with van der Waals surface area (Å²) in [6.45, 7) is 5.40. The first-order valence-electron chi connectivity index (χ1n) is 9.59. The van der Waals surface area contributed by atoms with Gasteiger partial charge in [0.2, 0.25) is 0 Å². The zero-order chi connectivity index (χ0) is 21.9. The lowest BCUT2D eigenvalue weighted by Gasteiger charge is -2.16. The molecule has 0 aliphatic heterocycles. The maximum Gasteiger partial charge on any atom is 0.342 e. The van der Waals surface area contributed by atoms with Crippen LogP contribution in [0.2, 0.25) is 0 Å². The number of urea groups is 1. The Morgan fingerprint density at radius 2 is 1.50 bits per heavy atom. The average Bonchev–Trinajstić information content (AvgIpc) is 2.71. The number of carbonyl (C=O) groups is 3. The van der Waals surface area contributed by atoms with E-state index in [1.54, 1.807) is 32.0 Å². The second kappa shape index (κ2) is 11.5. The molecule has 8 heteroatoms. The molecule has 30 heavy (non-hydrogen) atoms. The molecule has 0 spiro atoms. The van der Waals surface area contributed by atoms with Crippen LogP contribution in [0.15, 0.2) is 54.6 Å². The first-order valence-corrected chi connectivity index (χ1v) is 9.59. The van der Waals surface area contributed by atoms with Crippen LogP contribution < -0.4 is 20.1 Å². The predicted molar refractivity (Wildman–Crippen MR) is 111 cm³/mol. The molecule has 2 aromatic carbocycles. The van der Waals surface area contributed by atoms with Gasteiger partial charge in [0.1, 0.15) is 30.3 Å². The van der Waals surface area contributed by atoms with E-state index in [0.29, 0.717) is 5.75 Å². The Kier molecular flexibility index (Phi) is 8.68. The number of amides is 3. The Bertz CT molecular complexity index is 854. The van der Waals surface area contributed by atoms with Crippen molar-refractivity contribution >= 4 is 17.9 Å². The van der Waals surface area contributed by atoms with Gasteiger partial charge in [0.25, 0.3) is 5.91 Å². The molecule has 0 saturated carbocycles. The normalized spacial score (nSPS) is 11.3. The number of rotatable bonds is 9. The summed E-state index contributed by atoms with van der Waals surface area (Å²) in [4.78, 5) is 36.1. The summed E-state index contributed by atoms with van der Waals surface area (Å²) in [7, 11) is 0. The molecule has 1 unspecified atom stereocenters. The summed E-state index contributed by atoms with van der Waals surface area (Å²) in [5, 5.41) is 4.65. The van der Waals surface area contributed by atoms with Gasteiger partial charge in [-0.05, 0) is 45.0 Å². The topological polar surface area (TPSA) is 103 Å². The van der Waals surface area contributed by atoms with Gasteiger partial charge in [0.15, 0.2) is 6.10 Å². The Morgan fingerprint density at radius 3 is 2.20 bits per heavy atom. The molecule has 0 aliphatic carbocycles. The lowest BCUT2D eigenvalue weighted by Crippen LogP contribution is -2.46. The van der Waals surface area contributed by atoms with Crippen molar-refractivity contribution in [2.75, 3.05) is 13.2 Å². The van der Waals surface area contributed by atoms with Crippen molar-refractivity contribution in [3.05, 3.63) is 60.2 Å². The highest BCUT2D eigenvalue weighted by atomic mass is 16.6. The quantitative estimate of drug-likeness (QED) is 0.483. The third-order valence-corrected chi connectivity index (χ3v) is 3.77.